The quantitative estimate of drug-likeness (QED) is 0.765. The number of alkyl halides is 3. The molecule has 0 unspecified atom stereocenters. The number of amides is 1. The summed E-state index contributed by atoms with van der Waals surface area (Å²) in [7, 11) is 0. The largest absolute Gasteiger partial charge is 0.490 e. The fourth-order valence-electron chi connectivity index (χ4n) is 2.66. The third kappa shape index (κ3) is 4.08. The normalized spacial score (nSPS) is 17.0. The molecule has 1 atom stereocenters. The number of esters is 1. The maximum atomic E-state index is 12.0. The molecule has 3 heterocycles. The van der Waals surface area contributed by atoms with Crippen LogP contribution in [-0.2, 0) is 14.3 Å². The first-order valence-electron chi connectivity index (χ1n) is 7.80. The molecule has 0 spiro atoms. The molecule has 142 valence electrons. The number of halogens is 3. The number of carbonyl (C=O) groups excluding carboxylic acids is 2. The summed E-state index contributed by atoms with van der Waals surface area (Å²) in [4.78, 5) is 28.2. The predicted molar refractivity (Wildman–Crippen MR) is 85.5 cm³/mol. The standard InChI is InChI=1S/C15H13F3N6O3/c16-15(17,18)14(26)27-7-12(25)21-11-3-10-9(5-20-11)13(23-22-10)24-2-1-8(4-19)6-24/h3,5,8H,1-2,6-7H2,(H,22,23)(H,20,21,25)/t8-/m1/s1. The van der Waals surface area contributed by atoms with E-state index in [0.717, 1.165) is 6.42 Å². The summed E-state index contributed by atoms with van der Waals surface area (Å²) < 4.78 is 39.9. The monoisotopic (exact) mass is 382 g/mol. The summed E-state index contributed by atoms with van der Waals surface area (Å²) in [6, 6.07) is 3.67. The number of ether oxygens (including phenoxy) is 1. The molecular weight excluding hydrogens is 369 g/mol. The van der Waals surface area contributed by atoms with Crippen LogP contribution in [-0.4, -0.2) is 52.9 Å². The van der Waals surface area contributed by atoms with E-state index >= 15 is 0 Å². The zero-order chi connectivity index (χ0) is 19.6. The smallest absolute Gasteiger partial charge is 0.449 e. The second-order valence-electron chi connectivity index (χ2n) is 5.85. The van der Waals surface area contributed by atoms with Crippen molar-refractivity contribution in [2.45, 2.75) is 12.6 Å². The van der Waals surface area contributed by atoms with Crippen LogP contribution in [0.15, 0.2) is 12.3 Å². The Morgan fingerprint density at radius 1 is 1.48 bits per heavy atom. The molecule has 2 aromatic rings. The molecule has 0 aromatic carbocycles. The maximum Gasteiger partial charge on any atom is 0.490 e. The number of nitrogens with one attached hydrogen (secondary N) is 2. The van der Waals surface area contributed by atoms with Gasteiger partial charge < -0.3 is 15.0 Å². The topological polar surface area (TPSA) is 124 Å². The zero-order valence-corrected chi connectivity index (χ0v) is 13.7. The van der Waals surface area contributed by atoms with Gasteiger partial charge in [0.2, 0.25) is 0 Å². The number of aromatic nitrogens is 3. The number of anilines is 2. The first kappa shape index (κ1) is 18.4. The van der Waals surface area contributed by atoms with Gasteiger partial charge in [-0.25, -0.2) is 9.78 Å². The van der Waals surface area contributed by atoms with Gasteiger partial charge in [-0.05, 0) is 6.42 Å². The Kier molecular flexibility index (Phi) is 4.85. The average Bonchev–Trinajstić information content (AvgIpc) is 3.24. The Bertz CT molecular complexity index is 920. The minimum absolute atomic E-state index is 0.0575. The summed E-state index contributed by atoms with van der Waals surface area (Å²) in [6.07, 6.45) is -2.97. The van der Waals surface area contributed by atoms with E-state index in [9.17, 15) is 22.8 Å². The lowest BCUT2D eigenvalue weighted by molar-refractivity contribution is -0.199. The van der Waals surface area contributed by atoms with Crippen LogP contribution in [0.1, 0.15) is 6.42 Å². The lowest BCUT2D eigenvalue weighted by Gasteiger charge is -2.14. The third-order valence-corrected chi connectivity index (χ3v) is 3.93. The SMILES string of the molecule is N#C[C@H]1CCN(c2n[nH]c3cc(NC(=O)COC(=O)C(F)(F)F)ncc23)C1. The van der Waals surface area contributed by atoms with Gasteiger partial charge in [0, 0.05) is 25.4 Å². The van der Waals surface area contributed by atoms with Crippen LogP contribution in [0.3, 0.4) is 0 Å². The van der Waals surface area contributed by atoms with Crippen LogP contribution in [0.4, 0.5) is 24.8 Å². The van der Waals surface area contributed by atoms with Crippen LogP contribution >= 0.6 is 0 Å². The summed E-state index contributed by atoms with van der Waals surface area (Å²) >= 11 is 0. The third-order valence-electron chi connectivity index (χ3n) is 3.93. The molecule has 0 saturated carbocycles. The number of fused-ring (bicyclic) bond motifs is 1. The highest BCUT2D eigenvalue weighted by Crippen LogP contribution is 2.29. The van der Waals surface area contributed by atoms with E-state index in [4.69, 9.17) is 5.26 Å². The number of aromatic amines is 1. The van der Waals surface area contributed by atoms with Crippen molar-refractivity contribution in [2.75, 3.05) is 29.9 Å². The molecule has 0 bridgehead atoms. The Balaban J connectivity index is 1.65. The number of nitriles is 1. The molecule has 2 N–H and O–H groups in total. The van der Waals surface area contributed by atoms with Crippen molar-refractivity contribution in [3.63, 3.8) is 0 Å². The van der Waals surface area contributed by atoms with E-state index in [1.807, 2.05) is 4.90 Å². The zero-order valence-electron chi connectivity index (χ0n) is 13.7. The average molecular weight is 382 g/mol. The first-order valence-corrected chi connectivity index (χ1v) is 7.80. The highest BCUT2D eigenvalue weighted by Gasteiger charge is 2.41. The Hall–Kier alpha value is -3.36. The van der Waals surface area contributed by atoms with Crippen molar-refractivity contribution in [2.24, 2.45) is 5.92 Å². The molecule has 2 aromatic heterocycles. The highest BCUT2D eigenvalue weighted by molar-refractivity contribution is 5.96. The van der Waals surface area contributed by atoms with Gasteiger partial charge in [0.25, 0.3) is 5.91 Å². The molecule has 12 heteroatoms. The Morgan fingerprint density at radius 2 is 2.26 bits per heavy atom. The molecule has 1 saturated heterocycles. The van der Waals surface area contributed by atoms with Gasteiger partial charge in [-0.3, -0.25) is 9.89 Å². The summed E-state index contributed by atoms with van der Waals surface area (Å²) in [5, 5.41) is 18.9. The number of hydrogen-bond acceptors (Lipinski definition) is 7. The van der Waals surface area contributed by atoms with E-state index in [1.54, 1.807) is 0 Å². The van der Waals surface area contributed by atoms with Gasteiger partial charge in [0.05, 0.1) is 22.9 Å². The number of nitrogens with zero attached hydrogens (tertiary/aromatic N) is 4. The van der Waals surface area contributed by atoms with Crippen LogP contribution in [0.2, 0.25) is 0 Å². The fraction of sp³-hybridized carbons (Fsp3) is 0.400. The van der Waals surface area contributed by atoms with Crippen LogP contribution in [0.25, 0.3) is 10.9 Å². The minimum atomic E-state index is -5.16. The summed E-state index contributed by atoms with van der Waals surface area (Å²) in [5.41, 5.74) is 0.544. The minimum Gasteiger partial charge on any atom is -0.449 e. The second-order valence-corrected chi connectivity index (χ2v) is 5.85. The van der Waals surface area contributed by atoms with Gasteiger partial charge in [-0.2, -0.15) is 23.5 Å². The maximum absolute atomic E-state index is 12.0. The van der Waals surface area contributed by atoms with Crippen molar-refractivity contribution in [1.82, 2.24) is 15.2 Å². The van der Waals surface area contributed by atoms with Gasteiger partial charge in [-0.15, -0.1) is 0 Å². The fourth-order valence-corrected chi connectivity index (χ4v) is 2.66. The number of hydrogen-bond donors (Lipinski definition) is 2. The molecule has 1 aliphatic heterocycles. The highest BCUT2D eigenvalue weighted by atomic mass is 19.4. The van der Waals surface area contributed by atoms with E-state index in [2.05, 4.69) is 31.3 Å². The van der Waals surface area contributed by atoms with E-state index in [1.165, 1.54) is 12.3 Å². The van der Waals surface area contributed by atoms with Crippen molar-refractivity contribution in [3.05, 3.63) is 12.3 Å². The summed E-state index contributed by atoms with van der Waals surface area (Å²) in [6.45, 7) is 0.149. The van der Waals surface area contributed by atoms with Gasteiger partial charge >= 0.3 is 12.1 Å². The lowest BCUT2D eigenvalue weighted by atomic mass is 10.1. The molecule has 9 nitrogen and oxygen atoms in total. The predicted octanol–water partition coefficient (Wildman–Crippen LogP) is 1.35. The van der Waals surface area contributed by atoms with Gasteiger partial charge in [-0.1, -0.05) is 0 Å². The molecule has 0 aliphatic carbocycles. The Morgan fingerprint density at radius 3 is 2.93 bits per heavy atom. The molecule has 1 fully saturated rings. The first-order chi connectivity index (χ1) is 12.8. The molecule has 3 rings (SSSR count). The molecule has 1 amide bonds. The van der Waals surface area contributed by atoms with Gasteiger partial charge in [0.1, 0.15) is 5.82 Å². The number of rotatable bonds is 4. The number of pyridine rings is 1. The van der Waals surface area contributed by atoms with E-state index < -0.39 is 24.7 Å². The molecule has 27 heavy (non-hydrogen) atoms. The van der Waals surface area contributed by atoms with Crippen molar-refractivity contribution < 1.29 is 27.5 Å². The van der Waals surface area contributed by atoms with Crippen molar-refractivity contribution >= 4 is 34.4 Å². The van der Waals surface area contributed by atoms with Crippen LogP contribution in [0, 0.1) is 17.2 Å². The van der Waals surface area contributed by atoms with Crippen LogP contribution in [0.5, 0.6) is 0 Å². The summed E-state index contributed by atoms with van der Waals surface area (Å²) in [5.74, 6) is -2.78. The number of carbonyl (C=O) groups is 2. The molecule has 0 radical (unpaired) electrons. The van der Waals surface area contributed by atoms with E-state index in [0.29, 0.717) is 29.8 Å². The second kappa shape index (κ2) is 7.10. The molecule has 1 aliphatic rings. The molecular formula is C15H13F3N6O3. The lowest BCUT2D eigenvalue weighted by Crippen LogP contribution is -2.29. The number of H-pyrrole nitrogens is 1. The van der Waals surface area contributed by atoms with Crippen LogP contribution < -0.4 is 10.2 Å². The van der Waals surface area contributed by atoms with Crippen molar-refractivity contribution in [3.8, 4) is 6.07 Å². The Labute approximate surface area is 150 Å². The van der Waals surface area contributed by atoms with Crippen molar-refractivity contribution in [1.29, 1.82) is 5.26 Å². The van der Waals surface area contributed by atoms with Gasteiger partial charge in [0.15, 0.2) is 12.4 Å². The van der Waals surface area contributed by atoms with E-state index in [-0.39, 0.29) is 11.7 Å².